The zero-order valence-electron chi connectivity index (χ0n) is 14.7. The van der Waals surface area contributed by atoms with Gasteiger partial charge in [-0.25, -0.2) is 9.36 Å². The third-order valence-corrected chi connectivity index (χ3v) is 4.98. The molecule has 1 aromatic heterocycles. The quantitative estimate of drug-likeness (QED) is 0.579. The van der Waals surface area contributed by atoms with Crippen LogP contribution >= 0.6 is 0 Å². The minimum absolute atomic E-state index is 0.0221. The molecule has 2 aromatic rings. The monoisotopic (exact) mass is 357 g/mol. The Morgan fingerprint density at radius 3 is 2.38 bits per heavy atom. The maximum atomic E-state index is 12.9. The van der Waals surface area contributed by atoms with Gasteiger partial charge in [-0.15, -0.1) is 0 Å². The number of hydrogen-bond donors (Lipinski definition) is 3. The van der Waals surface area contributed by atoms with Gasteiger partial charge in [0, 0.05) is 17.0 Å². The van der Waals surface area contributed by atoms with Crippen LogP contribution in [0.4, 0.5) is 4.79 Å². The molecule has 0 bridgehead atoms. The first-order valence-electron chi connectivity index (χ1n) is 8.89. The Labute approximate surface area is 151 Å². The number of nitrogens with two attached hydrogens (primary N) is 1. The smallest absolute Gasteiger partial charge is 0.326 e. The normalized spacial score (nSPS) is 15.6. The van der Waals surface area contributed by atoms with Gasteiger partial charge in [-0.2, -0.15) is 0 Å². The van der Waals surface area contributed by atoms with Gasteiger partial charge in [0.1, 0.15) is 5.56 Å². The van der Waals surface area contributed by atoms with Crippen LogP contribution in [0.15, 0.2) is 18.2 Å². The fourth-order valence-electron chi connectivity index (χ4n) is 3.73. The van der Waals surface area contributed by atoms with Crippen LogP contribution in [0.3, 0.4) is 0 Å². The molecule has 4 N–H and O–H groups in total. The summed E-state index contributed by atoms with van der Waals surface area (Å²) in [7, 11) is 0. The van der Waals surface area contributed by atoms with Crippen LogP contribution < -0.4 is 11.1 Å². The predicted molar refractivity (Wildman–Crippen MR) is 97.5 cm³/mol. The number of nitrogens with zero attached hydrogens (tertiary/aromatic N) is 1. The van der Waals surface area contributed by atoms with E-state index in [0.29, 0.717) is 5.39 Å². The molecule has 1 heterocycles. The third-order valence-electron chi connectivity index (χ3n) is 4.98. The number of amides is 2. The Morgan fingerprint density at radius 1 is 1.15 bits per heavy atom. The van der Waals surface area contributed by atoms with Gasteiger partial charge in [0.2, 0.25) is 5.88 Å². The highest BCUT2D eigenvalue weighted by molar-refractivity contribution is 6.17. The summed E-state index contributed by atoms with van der Waals surface area (Å²) in [5.41, 5.74) is 5.76. The summed E-state index contributed by atoms with van der Waals surface area (Å²) in [6, 6.07) is 3.84. The van der Waals surface area contributed by atoms with Gasteiger partial charge < -0.3 is 16.2 Å². The maximum absolute atomic E-state index is 12.9. The van der Waals surface area contributed by atoms with Crippen LogP contribution in [0.5, 0.6) is 5.88 Å². The lowest BCUT2D eigenvalue weighted by Gasteiger charge is -2.16. The summed E-state index contributed by atoms with van der Waals surface area (Å²) < 4.78 is 0.827. The van der Waals surface area contributed by atoms with Crippen LogP contribution in [-0.2, 0) is 0 Å². The average Bonchev–Trinajstić information content (AvgIpc) is 2.72. The van der Waals surface area contributed by atoms with Gasteiger partial charge in [-0.3, -0.25) is 9.59 Å². The molecule has 0 aliphatic heterocycles. The number of fused-ring (bicyclic) bond motifs is 1. The highest BCUT2D eigenvalue weighted by atomic mass is 16.3. The third kappa shape index (κ3) is 3.16. The second kappa shape index (κ2) is 7.19. The first-order valence-corrected chi connectivity index (χ1v) is 8.89. The second-order valence-corrected chi connectivity index (χ2v) is 6.79. The van der Waals surface area contributed by atoms with E-state index in [1.165, 1.54) is 13.0 Å². The van der Waals surface area contributed by atoms with E-state index in [1.54, 1.807) is 12.1 Å². The molecule has 7 heteroatoms. The lowest BCUT2D eigenvalue weighted by Crippen LogP contribution is -2.34. The number of carbonyl (C=O) groups is 3. The Kier molecular flexibility index (Phi) is 4.97. The molecule has 0 atom stereocenters. The molecule has 0 unspecified atom stereocenters. The average molecular weight is 357 g/mol. The molecule has 1 saturated carbocycles. The Bertz CT molecular complexity index is 877. The number of carbonyl (C=O) groups excluding carboxylic acids is 3. The number of nitrogens with one attached hydrogen (secondary N) is 1. The van der Waals surface area contributed by atoms with Crippen molar-refractivity contribution >= 4 is 28.6 Å². The summed E-state index contributed by atoms with van der Waals surface area (Å²) in [6.07, 6.45) is 6.18. The number of ketones is 1. The zero-order chi connectivity index (χ0) is 18.8. The van der Waals surface area contributed by atoms with E-state index in [4.69, 9.17) is 5.73 Å². The fraction of sp³-hybridized carbons (Fsp3) is 0.421. The number of benzene rings is 1. The minimum atomic E-state index is -0.949. The van der Waals surface area contributed by atoms with Crippen molar-refractivity contribution in [2.45, 2.75) is 51.5 Å². The van der Waals surface area contributed by atoms with Crippen molar-refractivity contribution in [3.05, 3.63) is 29.3 Å². The van der Waals surface area contributed by atoms with E-state index in [0.717, 1.165) is 43.1 Å². The number of primary amides is 1. The Balaban J connectivity index is 2.09. The van der Waals surface area contributed by atoms with E-state index < -0.39 is 17.8 Å². The van der Waals surface area contributed by atoms with E-state index in [9.17, 15) is 19.5 Å². The highest BCUT2D eigenvalue weighted by Crippen LogP contribution is 2.33. The molecule has 3 rings (SSSR count). The molecule has 0 saturated heterocycles. The first-order chi connectivity index (χ1) is 12.4. The number of rotatable bonds is 3. The Morgan fingerprint density at radius 2 is 1.81 bits per heavy atom. The fourth-order valence-corrected chi connectivity index (χ4v) is 3.73. The molecule has 138 valence electrons. The summed E-state index contributed by atoms with van der Waals surface area (Å²) >= 11 is 0. The first kappa shape index (κ1) is 18.0. The van der Waals surface area contributed by atoms with Crippen LogP contribution in [0.1, 0.15) is 66.2 Å². The summed E-state index contributed by atoms with van der Waals surface area (Å²) in [5.74, 6) is -1.28. The molecule has 26 heavy (non-hydrogen) atoms. The van der Waals surface area contributed by atoms with Gasteiger partial charge >= 0.3 is 6.03 Å². The van der Waals surface area contributed by atoms with Crippen molar-refractivity contribution in [2.75, 3.05) is 0 Å². The van der Waals surface area contributed by atoms with Gasteiger partial charge in [0.15, 0.2) is 5.78 Å². The standard InChI is InChI=1S/C19H23N3O4/c1-11(23)13-9-6-10-14-15(18(25)22(16(13)14)19(20)26)17(24)21-12-7-4-2-3-5-8-12/h6,9-10,12,25H,2-5,7-8H2,1H3,(H2,20,26)(H,21,24). The molecule has 1 aliphatic rings. The van der Waals surface area contributed by atoms with Gasteiger partial charge in [-0.05, 0) is 25.8 Å². The van der Waals surface area contributed by atoms with Crippen molar-refractivity contribution in [1.29, 1.82) is 0 Å². The van der Waals surface area contributed by atoms with Crippen molar-refractivity contribution in [2.24, 2.45) is 5.73 Å². The van der Waals surface area contributed by atoms with E-state index in [2.05, 4.69) is 5.32 Å². The number of Topliss-reactive ketones (excluding diaryl/α,β-unsaturated/α-hetero) is 1. The lowest BCUT2D eigenvalue weighted by molar-refractivity contribution is 0.0931. The van der Waals surface area contributed by atoms with Crippen molar-refractivity contribution in [3.8, 4) is 5.88 Å². The molecule has 0 spiro atoms. The molecule has 1 aliphatic carbocycles. The lowest BCUT2D eigenvalue weighted by atomic mass is 10.0. The molecular formula is C19H23N3O4. The Hall–Kier alpha value is -2.83. The van der Waals surface area contributed by atoms with Crippen LogP contribution in [0.25, 0.3) is 10.9 Å². The topological polar surface area (TPSA) is 114 Å². The summed E-state index contributed by atoms with van der Waals surface area (Å²) in [6.45, 7) is 1.36. The SMILES string of the molecule is CC(=O)c1cccc2c(C(=O)NC3CCCCCC3)c(O)n(C(N)=O)c12. The van der Waals surface area contributed by atoms with Crippen LogP contribution in [-0.4, -0.2) is 33.4 Å². The predicted octanol–water partition coefficient (Wildman–Crippen LogP) is 2.93. The van der Waals surface area contributed by atoms with Crippen LogP contribution in [0, 0.1) is 0 Å². The van der Waals surface area contributed by atoms with Crippen molar-refractivity contribution in [1.82, 2.24) is 9.88 Å². The van der Waals surface area contributed by atoms with Gasteiger partial charge in [-0.1, -0.05) is 37.8 Å². The number of para-hydroxylation sites is 1. The molecular weight excluding hydrogens is 334 g/mol. The van der Waals surface area contributed by atoms with E-state index in [1.807, 2.05) is 0 Å². The molecule has 1 fully saturated rings. The van der Waals surface area contributed by atoms with Crippen LogP contribution in [0.2, 0.25) is 0 Å². The van der Waals surface area contributed by atoms with Gasteiger partial charge in [0.05, 0.1) is 5.52 Å². The number of aromatic nitrogens is 1. The number of hydrogen-bond acceptors (Lipinski definition) is 4. The van der Waals surface area contributed by atoms with Gasteiger partial charge in [0.25, 0.3) is 5.91 Å². The molecule has 7 nitrogen and oxygen atoms in total. The van der Waals surface area contributed by atoms with Crippen molar-refractivity contribution in [3.63, 3.8) is 0 Å². The molecule has 2 amide bonds. The second-order valence-electron chi connectivity index (χ2n) is 6.79. The number of aromatic hydroxyl groups is 1. The van der Waals surface area contributed by atoms with E-state index in [-0.39, 0.29) is 28.5 Å². The minimum Gasteiger partial charge on any atom is -0.494 e. The summed E-state index contributed by atoms with van der Waals surface area (Å²) in [4.78, 5) is 36.7. The zero-order valence-corrected chi connectivity index (χ0v) is 14.7. The largest absolute Gasteiger partial charge is 0.494 e. The van der Waals surface area contributed by atoms with E-state index >= 15 is 0 Å². The highest BCUT2D eigenvalue weighted by Gasteiger charge is 2.28. The van der Waals surface area contributed by atoms with Crippen molar-refractivity contribution < 1.29 is 19.5 Å². The molecule has 1 aromatic carbocycles. The summed E-state index contributed by atoms with van der Waals surface area (Å²) in [5, 5.41) is 13.8. The maximum Gasteiger partial charge on any atom is 0.326 e. The molecule has 0 radical (unpaired) electrons.